The highest BCUT2D eigenvalue weighted by Gasteiger charge is 2.26. The number of nitrogens with zero attached hydrogens (tertiary/aromatic N) is 3. The van der Waals surface area contributed by atoms with Crippen molar-refractivity contribution in [3.63, 3.8) is 0 Å². The van der Waals surface area contributed by atoms with Crippen molar-refractivity contribution in [3.05, 3.63) is 46.5 Å². The number of hydrogen-bond acceptors (Lipinski definition) is 5. The summed E-state index contributed by atoms with van der Waals surface area (Å²) < 4.78 is 5.72. The highest BCUT2D eigenvalue weighted by Crippen LogP contribution is 2.25. The molecule has 0 spiro atoms. The highest BCUT2D eigenvalue weighted by molar-refractivity contribution is 6.31. The second kappa shape index (κ2) is 6.75. The fourth-order valence-electron chi connectivity index (χ4n) is 2.62. The van der Waals surface area contributed by atoms with Crippen molar-refractivity contribution in [1.29, 1.82) is 0 Å². The lowest BCUT2D eigenvalue weighted by atomic mass is 10.1. The zero-order valence-corrected chi connectivity index (χ0v) is 13.1. The van der Waals surface area contributed by atoms with Crippen LogP contribution < -0.4 is 0 Å². The Morgan fingerprint density at radius 3 is 3.05 bits per heavy atom. The van der Waals surface area contributed by atoms with Crippen LogP contribution in [-0.4, -0.2) is 51.4 Å². The van der Waals surface area contributed by atoms with E-state index in [1.165, 1.54) is 0 Å². The molecule has 118 valence electrons. The highest BCUT2D eigenvalue weighted by atomic mass is 35.5. The van der Waals surface area contributed by atoms with Gasteiger partial charge in [0.15, 0.2) is 5.82 Å². The normalized spacial score (nSPS) is 21.0. The molecule has 0 radical (unpaired) electrons. The number of ether oxygens (including phenoxy) is 1. The summed E-state index contributed by atoms with van der Waals surface area (Å²) in [6.45, 7) is 4.37. The van der Waals surface area contributed by atoms with Crippen molar-refractivity contribution in [2.45, 2.75) is 19.1 Å². The summed E-state index contributed by atoms with van der Waals surface area (Å²) in [7, 11) is 0. The predicted octanol–water partition coefficient (Wildman–Crippen LogP) is 1.87. The molecule has 1 fully saturated rings. The smallest absolute Gasteiger partial charge is 0.180 e. The zero-order chi connectivity index (χ0) is 15.5. The van der Waals surface area contributed by atoms with Gasteiger partial charge in [-0.3, -0.25) is 10.00 Å². The van der Waals surface area contributed by atoms with E-state index < -0.39 is 6.10 Å². The van der Waals surface area contributed by atoms with Crippen LogP contribution in [0.25, 0.3) is 0 Å². The number of aromatic amines is 1. The third-order valence-corrected chi connectivity index (χ3v) is 4.09. The summed E-state index contributed by atoms with van der Waals surface area (Å²) in [5, 5.41) is 18.0. The zero-order valence-electron chi connectivity index (χ0n) is 12.4. The number of aryl methyl sites for hydroxylation is 1. The van der Waals surface area contributed by atoms with Gasteiger partial charge in [0.05, 0.1) is 12.7 Å². The molecule has 1 aliphatic rings. The average molecular weight is 323 g/mol. The van der Waals surface area contributed by atoms with E-state index in [1.54, 1.807) is 6.07 Å². The molecular weight excluding hydrogens is 304 g/mol. The molecule has 6 nitrogen and oxygen atoms in total. The number of aromatic nitrogens is 3. The summed E-state index contributed by atoms with van der Waals surface area (Å²) in [6, 6.07) is 7.38. The molecule has 0 saturated carbocycles. The second-order valence-electron chi connectivity index (χ2n) is 5.44. The van der Waals surface area contributed by atoms with Gasteiger partial charge in [0.1, 0.15) is 11.9 Å². The third-order valence-electron chi connectivity index (χ3n) is 3.75. The van der Waals surface area contributed by atoms with Crippen molar-refractivity contribution in [2.24, 2.45) is 0 Å². The number of benzene rings is 1. The molecule has 2 N–H and O–H groups in total. The van der Waals surface area contributed by atoms with Gasteiger partial charge in [-0.05, 0) is 13.0 Å². The molecule has 1 aromatic heterocycles. The number of aliphatic hydroxyl groups excluding tert-OH is 1. The van der Waals surface area contributed by atoms with Crippen molar-refractivity contribution < 1.29 is 9.84 Å². The fraction of sp³-hybridized carbons (Fsp3) is 0.467. The number of β-amino-alcohol motifs (C(OH)–C–C–N with tert-alkyl or cyclic N) is 1. The predicted molar refractivity (Wildman–Crippen MR) is 82.7 cm³/mol. The minimum Gasteiger partial charge on any atom is -0.387 e. The van der Waals surface area contributed by atoms with E-state index in [0.29, 0.717) is 30.5 Å². The second-order valence-corrected chi connectivity index (χ2v) is 5.84. The van der Waals surface area contributed by atoms with Crippen LogP contribution in [0.1, 0.15) is 29.4 Å². The summed E-state index contributed by atoms with van der Waals surface area (Å²) in [5.41, 5.74) is 0.751. The number of hydrogen-bond donors (Lipinski definition) is 2. The minimum absolute atomic E-state index is 0.169. The van der Waals surface area contributed by atoms with Crippen molar-refractivity contribution >= 4 is 11.6 Å². The molecule has 1 aromatic carbocycles. The Morgan fingerprint density at radius 2 is 2.32 bits per heavy atom. The summed E-state index contributed by atoms with van der Waals surface area (Å²) >= 11 is 6.14. The van der Waals surface area contributed by atoms with Crippen molar-refractivity contribution in [2.75, 3.05) is 26.2 Å². The van der Waals surface area contributed by atoms with Crippen LogP contribution >= 0.6 is 11.6 Å². The Labute approximate surface area is 134 Å². The Kier molecular flexibility index (Phi) is 4.73. The Bertz CT molecular complexity index is 634. The van der Waals surface area contributed by atoms with E-state index in [4.69, 9.17) is 16.3 Å². The lowest BCUT2D eigenvalue weighted by Crippen LogP contribution is -2.40. The number of nitrogens with one attached hydrogen (secondary N) is 1. The molecular formula is C15H19ClN4O2. The number of halogens is 1. The van der Waals surface area contributed by atoms with Crippen LogP contribution in [0.5, 0.6) is 0 Å². The number of aliphatic hydroxyl groups is 1. The topological polar surface area (TPSA) is 74.3 Å². The molecule has 7 heteroatoms. The van der Waals surface area contributed by atoms with Crippen molar-refractivity contribution in [3.8, 4) is 0 Å². The molecule has 0 bridgehead atoms. The number of H-pyrrole nitrogens is 1. The quantitative estimate of drug-likeness (QED) is 0.899. The molecule has 2 heterocycles. The van der Waals surface area contributed by atoms with Crippen molar-refractivity contribution in [1.82, 2.24) is 20.1 Å². The first-order chi connectivity index (χ1) is 10.6. The Balaban J connectivity index is 1.64. The van der Waals surface area contributed by atoms with E-state index in [-0.39, 0.29) is 6.10 Å². The molecule has 1 saturated heterocycles. The SMILES string of the molecule is Cc1nc(C2CN(CC(O)c3ccccc3Cl)CCO2)n[nH]1. The first kappa shape index (κ1) is 15.4. The summed E-state index contributed by atoms with van der Waals surface area (Å²) in [4.78, 5) is 6.46. The molecule has 2 atom stereocenters. The van der Waals surface area contributed by atoms with E-state index in [9.17, 15) is 5.11 Å². The van der Waals surface area contributed by atoms with Crippen LogP contribution in [0, 0.1) is 6.92 Å². The maximum absolute atomic E-state index is 10.4. The van der Waals surface area contributed by atoms with Crippen LogP contribution in [0.2, 0.25) is 5.02 Å². The monoisotopic (exact) mass is 322 g/mol. The van der Waals surface area contributed by atoms with Crippen LogP contribution in [0.3, 0.4) is 0 Å². The van der Waals surface area contributed by atoms with Gasteiger partial charge in [-0.1, -0.05) is 29.8 Å². The van der Waals surface area contributed by atoms with Crippen LogP contribution in [0.4, 0.5) is 0 Å². The van der Waals surface area contributed by atoms with Gasteiger partial charge in [0.25, 0.3) is 0 Å². The summed E-state index contributed by atoms with van der Waals surface area (Å²) in [5.74, 6) is 1.43. The molecule has 2 unspecified atom stereocenters. The summed E-state index contributed by atoms with van der Waals surface area (Å²) in [6.07, 6.45) is -0.793. The Hall–Kier alpha value is -1.47. The molecule has 1 aliphatic heterocycles. The van der Waals surface area contributed by atoms with E-state index >= 15 is 0 Å². The van der Waals surface area contributed by atoms with Gasteiger partial charge in [0.2, 0.25) is 0 Å². The molecule has 0 amide bonds. The van der Waals surface area contributed by atoms with E-state index in [1.807, 2.05) is 25.1 Å². The molecule has 0 aliphatic carbocycles. The first-order valence-corrected chi connectivity index (χ1v) is 7.66. The maximum atomic E-state index is 10.4. The van der Waals surface area contributed by atoms with Gasteiger partial charge in [-0.15, -0.1) is 0 Å². The van der Waals surface area contributed by atoms with Gasteiger partial charge in [-0.25, -0.2) is 4.98 Å². The van der Waals surface area contributed by atoms with Gasteiger partial charge < -0.3 is 9.84 Å². The lowest BCUT2D eigenvalue weighted by Gasteiger charge is -2.33. The number of morpholine rings is 1. The van der Waals surface area contributed by atoms with Crippen LogP contribution in [0.15, 0.2) is 24.3 Å². The number of rotatable bonds is 4. The average Bonchev–Trinajstić information content (AvgIpc) is 2.94. The standard InChI is InChI=1S/C15H19ClN4O2/c1-10-17-15(19-18-10)14-9-20(6-7-22-14)8-13(21)11-4-2-3-5-12(11)16/h2-5,13-14,21H,6-9H2,1H3,(H,17,18,19). The molecule has 2 aromatic rings. The van der Waals surface area contributed by atoms with Gasteiger partial charge >= 0.3 is 0 Å². The van der Waals surface area contributed by atoms with E-state index in [2.05, 4.69) is 20.1 Å². The Morgan fingerprint density at radius 1 is 1.50 bits per heavy atom. The molecule has 3 rings (SSSR count). The maximum Gasteiger partial charge on any atom is 0.180 e. The largest absolute Gasteiger partial charge is 0.387 e. The minimum atomic E-state index is -0.624. The van der Waals surface area contributed by atoms with Crippen LogP contribution in [-0.2, 0) is 4.74 Å². The van der Waals surface area contributed by atoms with Gasteiger partial charge in [0, 0.05) is 30.2 Å². The van der Waals surface area contributed by atoms with E-state index in [0.717, 1.165) is 17.9 Å². The lowest BCUT2D eigenvalue weighted by molar-refractivity contribution is -0.0460. The fourth-order valence-corrected chi connectivity index (χ4v) is 2.88. The third kappa shape index (κ3) is 3.47. The van der Waals surface area contributed by atoms with Gasteiger partial charge in [-0.2, -0.15) is 5.10 Å². The molecule has 22 heavy (non-hydrogen) atoms. The first-order valence-electron chi connectivity index (χ1n) is 7.29.